The van der Waals surface area contributed by atoms with E-state index in [-0.39, 0.29) is 12.6 Å². The fourth-order valence-corrected chi connectivity index (χ4v) is 2.91. The average molecular weight is 305 g/mol. The Hall–Kier alpha value is -1.59. The highest BCUT2D eigenvalue weighted by atomic mass is 16.3. The van der Waals surface area contributed by atoms with Crippen molar-refractivity contribution in [3.05, 3.63) is 35.9 Å². The van der Waals surface area contributed by atoms with Crippen LogP contribution in [0.5, 0.6) is 0 Å². The Morgan fingerprint density at radius 1 is 1.36 bits per heavy atom. The van der Waals surface area contributed by atoms with E-state index < -0.39 is 0 Å². The van der Waals surface area contributed by atoms with E-state index in [9.17, 15) is 4.79 Å². The molecule has 5 nitrogen and oxygen atoms in total. The number of aliphatic hydroxyl groups is 1. The number of urea groups is 1. The van der Waals surface area contributed by atoms with Gasteiger partial charge < -0.3 is 15.3 Å². The van der Waals surface area contributed by atoms with Gasteiger partial charge in [-0.05, 0) is 24.9 Å². The number of hydrogen-bond acceptors (Lipinski definition) is 3. The molecule has 1 aliphatic rings. The van der Waals surface area contributed by atoms with Gasteiger partial charge in [0.2, 0.25) is 0 Å². The van der Waals surface area contributed by atoms with E-state index in [1.807, 2.05) is 6.07 Å². The summed E-state index contributed by atoms with van der Waals surface area (Å²) >= 11 is 0. The quantitative estimate of drug-likeness (QED) is 0.841. The van der Waals surface area contributed by atoms with E-state index in [1.54, 1.807) is 7.05 Å². The number of piperidine rings is 1. The fourth-order valence-electron chi connectivity index (χ4n) is 2.91. The molecule has 0 saturated carbocycles. The van der Waals surface area contributed by atoms with Crippen LogP contribution < -0.4 is 5.32 Å². The van der Waals surface area contributed by atoms with Gasteiger partial charge in [0.05, 0.1) is 6.61 Å². The molecular formula is C17H27N3O2. The monoisotopic (exact) mass is 305 g/mol. The Kier molecular flexibility index (Phi) is 6.68. The van der Waals surface area contributed by atoms with Crippen molar-refractivity contribution in [2.24, 2.45) is 0 Å². The van der Waals surface area contributed by atoms with Crippen molar-refractivity contribution in [2.75, 3.05) is 33.3 Å². The van der Waals surface area contributed by atoms with Gasteiger partial charge in [0, 0.05) is 32.7 Å². The lowest BCUT2D eigenvalue weighted by Gasteiger charge is -2.36. The first kappa shape index (κ1) is 16.8. The molecule has 0 bridgehead atoms. The van der Waals surface area contributed by atoms with E-state index in [2.05, 4.69) is 34.5 Å². The number of aliphatic hydroxyl groups excluding tert-OH is 1. The summed E-state index contributed by atoms with van der Waals surface area (Å²) < 4.78 is 0. The molecule has 1 aromatic carbocycles. The third-order valence-electron chi connectivity index (χ3n) is 4.25. The first-order chi connectivity index (χ1) is 10.7. The number of carbonyl (C=O) groups is 1. The van der Waals surface area contributed by atoms with E-state index in [0.29, 0.717) is 19.1 Å². The Labute approximate surface area is 132 Å². The summed E-state index contributed by atoms with van der Waals surface area (Å²) in [7, 11) is 1.70. The summed E-state index contributed by atoms with van der Waals surface area (Å²) in [5, 5.41) is 11.9. The van der Waals surface area contributed by atoms with Gasteiger partial charge in [-0.3, -0.25) is 4.90 Å². The number of hydrogen-bond donors (Lipinski definition) is 2. The normalized spacial score (nSPS) is 18.9. The molecular weight excluding hydrogens is 278 g/mol. The summed E-state index contributed by atoms with van der Waals surface area (Å²) in [4.78, 5) is 15.9. The maximum absolute atomic E-state index is 11.9. The highest BCUT2D eigenvalue weighted by Crippen LogP contribution is 2.19. The summed E-state index contributed by atoms with van der Waals surface area (Å²) in [5.41, 5.74) is 1.32. The topological polar surface area (TPSA) is 55.8 Å². The highest BCUT2D eigenvalue weighted by Gasteiger charge is 2.23. The van der Waals surface area contributed by atoms with Crippen molar-refractivity contribution >= 4 is 6.03 Å². The summed E-state index contributed by atoms with van der Waals surface area (Å²) in [5.74, 6) is 0. The van der Waals surface area contributed by atoms with Crippen LogP contribution in [0.2, 0.25) is 0 Å². The minimum absolute atomic E-state index is 0.00647. The largest absolute Gasteiger partial charge is 0.395 e. The molecule has 1 aromatic rings. The molecule has 1 fully saturated rings. The second-order valence-corrected chi connectivity index (χ2v) is 5.94. The average Bonchev–Trinajstić information content (AvgIpc) is 2.55. The zero-order valence-electron chi connectivity index (χ0n) is 13.4. The van der Waals surface area contributed by atoms with E-state index >= 15 is 0 Å². The number of carbonyl (C=O) groups excluding carboxylic acids is 1. The highest BCUT2D eigenvalue weighted by molar-refractivity contribution is 5.73. The van der Waals surface area contributed by atoms with Crippen LogP contribution in [0.3, 0.4) is 0 Å². The zero-order valence-corrected chi connectivity index (χ0v) is 13.4. The van der Waals surface area contributed by atoms with Crippen LogP contribution in [0.25, 0.3) is 0 Å². The van der Waals surface area contributed by atoms with Crippen molar-refractivity contribution < 1.29 is 9.90 Å². The Morgan fingerprint density at radius 2 is 2.14 bits per heavy atom. The molecule has 1 unspecified atom stereocenters. The first-order valence-corrected chi connectivity index (χ1v) is 8.08. The SMILES string of the molecule is CN(CCO)C(=O)NCC1CCCCN1Cc1ccccc1. The Balaban J connectivity index is 1.86. The van der Waals surface area contributed by atoms with E-state index in [1.165, 1.54) is 23.3 Å². The predicted octanol–water partition coefficient (Wildman–Crippen LogP) is 1.67. The van der Waals surface area contributed by atoms with Crippen LogP contribution in [-0.2, 0) is 6.54 Å². The Bertz CT molecular complexity index is 452. The van der Waals surface area contributed by atoms with Crippen LogP contribution in [0.1, 0.15) is 24.8 Å². The molecule has 1 heterocycles. The molecule has 5 heteroatoms. The molecule has 2 rings (SSSR count). The molecule has 1 aliphatic heterocycles. The van der Waals surface area contributed by atoms with Gasteiger partial charge in [-0.25, -0.2) is 4.79 Å². The van der Waals surface area contributed by atoms with Crippen LogP contribution in [-0.4, -0.2) is 60.3 Å². The standard InChI is InChI=1S/C17H27N3O2/c1-19(11-12-21)17(22)18-13-16-9-5-6-10-20(16)14-15-7-3-2-4-8-15/h2-4,7-8,16,21H,5-6,9-14H2,1H3,(H,18,22). The molecule has 0 aromatic heterocycles. The zero-order chi connectivity index (χ0) is 15.8. The molecule has 0 aliphatic carbocycles. The second kappa shape index (κ2) is 8.76. The van der Waals surface area contributed by atoms with Gasteiger partial charge in [-0.1, -0.05) is 36.8 Å². The smallest absolute Gasteiger partial charge is 0.317 e. The van der Waals surface area contributed by atoms with Crippen molar-refractivity contribution in [3.63, 3.8) is 0 Å². The molecule has 0 radical (unpaired) electrons. The number of rotatable bonds is 6. The number of likely N-dealkylation sites (N-methyl/N-ethyl adjacent to an activating group) is 1. The lowest BCUT2D eigenvalue weighted by Crippen LogP contribution is -2.48. The van der Waals surface area contributed by atoms with Crippen molar-refractivity contribution in [3.8, 4) is 0 Å². The van der Waals surface area contributed by atoms with Crippen LogP contribution in [0.4, 0.5) is 4.79 Å². The lowest BCUT2D eigenvalue weighted by molar-refractivity contribution is 0.134. The molecule has 22 heavy (non-hydrogen) atoms. The number of nitrogens with one attached hydrogen (secondary N) is 1. The third kappa shape index (κ3) is 5.00. The molecule has 122 valence electrons. The van der Waals surface area contributed by atoms with Crippen molar-refractivity contribution in [1.29, 1.82) is 0 Å². The molecule has 1 saturated heterocycles. The lowest BCUT2D eigenvalue weighted by atomic mass is 10.0. The van der Waals surface area contributed by atoms with Crippen molar-refractivity contribution in [2.45, 2.75) is 31.8 Å². The first-order valence-electron chi connectivity index (χ1n) is 8.08. The second-order valence-electron chi connectivity index (χ2n) is 5.94. The molecule has 2 N–H and O–H groups in total. The van der Waals surface area contributed by atoms with Gasteiger partial charge in [0.15, 0.2) is 0 Å². The predicted molar refractivity (Wildman–Crippen MR) is 87.6 cm³/mol. The van der Waals surface area contributed by atoms with Crippen LogP contribution >= 0.6 is 0 Å². The Morgan fingerprint density at radius 3 is 2.86 bits per heavy atom. The van der Waals surface area contributed by atoms with Gasteiger partial charge in [0.1, 0.15) is 0 Å². The maximum Gasteiger partial charge on any atom is 0.317 e. The third-order valence-corrected chi connectivity index (χ3v) is 4.25. The van der Waals surface area contributed by atoms with Crippen LogP contribution in [0.15, 0.2) is 30.3 Å². The number of amides is 2. The minimum atomic E-state index is -0.112. The van der Waals surface area contributed by atoms with Crippen molar-refractivity contribution in [1.82, 2.24) is 15.1 Å². The maximum atomic E-state index is 11.9. The fraction of sp³-hybridized carbons (Fsp3) is 0.588. The van der Waals surface area contributed by atoms with Crippen LogP contribution in [0, 0.1) is 0 Å². The molecule has 1 atom stereocenters. The molecule has 0 spiro atoms. The van der Waals surface area contributed by atoms with Gasteiger partial charge in [-0.15, -0.1) is 0 Å². The van der Waals surface area contributed by atoms with Gasteiger partial charge in [-0.2, -0.15) is 0 Å². The summed E-state index contributed by atoms with van der Waals surface area (Å²) in [6.07, 6.45) is 3.57. The number of benzene rings is 1. The summed E-state index contributed by atoms with van der Waals surface area (Å²) in [6.45, 7) is 3.05. The van der Waals surface area contributed by atoms with Gasteiger partial charge in [0.25, 0.3) is 0 Å². The summed E-state index contributed by atoms with van der Waals surface area (Å²) in [6, 6.07) is 10.8. The van der Waals surface area contributed by atoms with Gasteiger partial charge >= 0.3 is 6.03 Å². The number of likely N-dealkylation sites (tertiary alicyclic amines) is 1. The van der Waals surface area contributed by atoms with E-state index in [0.717, 1.165) is 19.5 Å². The minimum Gasteiger partial charge on any atom is -0.395 e. The number of nitrogens with zero attached hydrogens (tertiary/aromatic N) is 2. The van der Waals surface area contributed by atoms with E-state index in [4.69, 9.17) is 5.11 Å². The molecule has 2 amide bonds.